The minimum absolute atomic E-state index is 0.0479. The molecule has 0 amide bonds. The number of anilines is 2. The number of aryl methyl sites for hydroxylation is 1. The molecule has 1 aliphatic rings. The van der Waals surface area contributed by atoms with E-state index in [1.807, 2.05) is 24.3 Å². The molecule has 1 atom stereocenters. The highest BCUT2D eigenvalue weighted by Gasteiger charge is 2.23. The predicted molar refractivity (Wildman–Crippen MR) is 147 cm³/mol. The number of nitrogen functional groups attached to an aromatic ring is 1. The van der Waals surface area contributed by atoms with Gasteiger partial charge in [-0.05, 0) is 36.4 Å². The van der Waals surface area contributed by atoms with Gasteiger partial charge in [0.05, 0.1) is 12.9 Å². The van der Waals surface area contributed by atoms with Gasteiger partial charge in [0.15, 0.2) is 17.1 Å². The van der Waals surface area contributed by atoms with Gasteiger partial charge >= 0.3 is 5.69 Å². The largest absolute Gasteiger partial charge is 0.491 e. The summed E-state index contributed by atoms with van der Waals surface area (Å²) in [6, 6.07) is 11.2. The first-order valence-corrected chi connectivity index (χ1v) is 13.1. The fraction of sp³-hybridized carbons (Fsp3) is 0.385. The molecular formula is C26H31N9O5. The molecule has 4 N–H and O–H groups in total. The molecule has 0 saturated carbocycles. The second-order valence-electron chi connectivity index (χ2n) is 9.75. The van der Waals surface area contributed by atoms with Gasteiger partial charge in [-0.1, -0.05) is 0 Å². The van der Waals surface area contributed by atoms with E-state index < -0.39 is 6.10 Å². The molecule has 6 rings (SSSR count). The van der Waals surface area contributed by atoms with Gasteiger partial charge in [0.25, 0.3) is 0 Å². The number of nitrogens with zero attached hydrogens (tertiary/aromatic N) is 8. The van der Waals surface area contributed by atoms with Crippen LogP contribution in [0.25, 0.3) is 28.4 Å². The van der Waals surface area contributed by atoms with Crippen LogP contribution in [0.3, 0.4) is 0 Å². The minimum atomic E-state index is -0.894. The van der Waals surface area contributed by atoms with E-state index in [-0.39, 0.29) is 24.9 Å². The van der Waals surface area contributed by atoms with Gasteiger partial charge in [-0.2, -0.15) is 9.50 Å². The summed E-state index contributed by atoms with van der Waals surface area (Å²) in [6.45, 7) is 4.24. The zero-order valence-electron chi connectivity index (χ0n) is 22.0. The van der Waals surface area contributed by atoms with Crippen LogP contribution in [0.15, 0.2) is 51.9 Å². The van der Waals surface area contributed by atoms with E-state index in [0.29, 0.717) is 47.2 Å². The highest BCUT2D eigenvalue weighted by Crippen LogP contribution is 2.24. The fourth-order valence-corrected chi connectivity index (χ4v) is 4.97. The van der Waals surface area contributed by atoms with Crippen molar-refractivity contribution in [2.75, 3.05) is 56.6 Å². The number of hydrogen-bond donors (Lipinski definition) is 3. The number of benzene rings is 1. The first kappa shape index (κ1) is 25.9. The van der Waals surface area contributed by atoms with Gasteiger partial charge in [0.1, 0.15) is 24.0 Å². The normalized spacial score (nSPS) is 15.3. The van der Waals surface area contributed by atoms with Crippen LogP contribution in [0.5, 0.6) is 5.75 Å². The first-order chi connectivity index (χ1) is 19.4. The van der Waals surface area contributed by atoms with E-state index in [1.165, 1.54) is 9.08 Å². The third-order valence-corrected chi connectivity index (χ3v) is 7.19. The highest BCUT2D eigenvalue weighted by atomic mass is 16.5. The maximum atomic E-state index is 13.2. The van der Waals surface area contributed by atoms with Crippen molar-refractivity contribution in [1.82, 2.24) is 33.6 Å². The molecule has 0 spiro atoms. The second kappa shape index (κ2) is 10.6. The van der Waals surface area contributed by atoms with Crippen LogP contribution in [0.2, 0.25) is 0 Å². The quantitative estimate of drug-likeness (QED) is 0.230. The molecule has 0 bridgehead atoms. The average molecular weight is 550 g/mol. The molecule has 1 aromatic carbocycles. The number of piperazine rings is 1. The van der Waals surface area contributed by atoms with Gasteiger partial charge < -0.3 is 30.0 Å². The Morgan fingerprint density at radius 2 is 1.85 bits per heavy atom. The summed E-state index contributed by atoms with van der Waals surface area (Å²) in [5.74, 6) is 1.65. The predicted octanol–water partition coefficient (Wildman–Crippen LogP) is 0.174. The maximum Gasteiger partial charge on any atom is 0.330 e. The van der Waals surface area contributed by atoms with Gasteiger partial charge in [0, 0.05) is 52.0 Å². The summed E-state index contributed by atoms with van der Waals surface area (Å²) >= 11 is 0. The Hall–Kier alpha value is -4.40. The zero-order valence-corrected chi connectivity index (χ0v) is 22.0. The number of aromatic nitrogens is 6. The van der Waals surface area contributed by atoms with Crippen LogP contribution in [-0.4, -0.2) is 95.9 Å². The van der Waals surface area contributed by atoms with Gasteiger partial charge in [-0.25, -0.2) is 9.78 Å². The second-order valence-corrected chi connectivity index (χ2v) is 9.75. The Morgan fingerprint density at radius 3 is 2.55 bits per heavy atom. The minimum Gasteiger partial charge on any atom is -0.491 e. The SMILES string of the molecule is Cn1c(=O)n(CCN2CCN(c3ccc(OCC(O)CO)cc3)CC2)c2nc(N)n3nc(-c4ccco4)nc3c21. The van der Waals surface area contributed by atoms with Crippen molar-refractivity contribution in [3.8, 4) is 17.3 Å². The molecule has 14 heteroatoms. The van der Waals surface area contributed by atoms with Crippen LogP contribution in [0, 0.1) is 0 Å². The van der Waals surface area contributed by atoms with Crippen molar-refractivity contribution in [2.24, 2.45) is 7.05 Å². The highest BCUT2D eigenvalue weighted by molar-refractivity contribution is 5.88. The van der Waals surface area contributed by atoms with Gasteiger partial charge in [-0.3, -0.25) is 14.0 Å². The number of imidazole rings is 1. The third-order valence-electron chi connectivity index (χ3n) is 7.19. The van der Waals surface area contributed by atoms with Crippen molar-refractivity contribution < 1.29 is 19.4 Å². The smallest absolute Gasteiger partial charge is 0.330 e. The monoisotopic (exact) mass is 549 g/mol. The molecule has 14 nitrogen and oxygen atoms in total. The summed E-state index contributed by atoms with van der Waals surface area (Å²) in [5, 5.41) is 22.8. The van der Waals surface area contributed by atoms with Crippen LogP contribution < -0.4 is 21.1 Å². The number of aliphatic hydroxyl groups is 2. The molecule has 5 heterocycles. The summed E-state index contributed by atoms with van der Waals surface area (Å²) in [4.78, 5) is 27.0. The first-order valence-electron chi connectivity index (χ1n) is 13.1. The number of aliphatic hydroxyl groups excluding tert-OH is 2. The van der Waals surface area contributed by atoms with Crippen LogP contribution in [0.1, 0.15) is 0 Å². The van der Waals surface area contributed by atoms with E-state index in [0.717, 1.165) is 31.9 Å². The lowest BCUT2D eigenvalue weighted by Crippen LogP contribution is -2.47. The number of ether oxygens (including phenoxy) is 1. The molecular weight excluding hydrogens is 518 g/mol. The Morgan fingerprint density at radius 1 is 1.07 bits per heavy atom. The molecule has 0 radical (unpaired) electrons. The topological polar surface area (TPSA) is 165 Å². The molecule has 1 unspecified atom stereocenters. The molecule has 4 aromatic heterocycles. The number of nitrogens with two attached hydrogens (primary N) is 1. The van der Waals surface area contributed by atoms with Crippen molar-refractivity contribution in [2.45, 2.75) is 12.6 Å². The number of furan rings is 1. The van der Waals surface area contributed by atoms with Crippen molar-refractivity contribution in [3.05, 3.63) is 53.1 Å². The van der Waals surface area contributed by atoms with E-state index >= 15 is 0 Å². The maximum absolute atomic E-state index is 13.2. The van der Waals surface area contributed by atoms with E-state index in [1.54, 1.807) is 30.0 Å². The van der Waals surface area contributed by atoms with Crippen molar-refractivity contribution in [3.63, 3.8) is 0 Å². The van der Waals surface area contributed by atoms with Gasteiger partial charge in [-0.15, -0.1) is 5.10 Å². The molecule has 0 aliphatic carbocycles. The fourth-order valence-electron chi connectivity index (χ4n) is 4.97. The summed E-state index contributed by atoms with van der Waals surface area (Å²) in [6.07, 6.45) is 0.652. The lowest BCUT2D eigenvalue weighted by Gasteiger charge is -2.36. The Bertz CT molecular complexity index is 1670. The van der Waals surface area contributed by atoms with E-state index in [4.69, 9.17) is 20.0 Å². The van der Waals surface area contributed by atoms with E-state index in [9.17, 15) is 9.90 Å². The number of hydrogen-bond acceptors (Lipinski definition) is 11. The summed E-state index contributed by atoms with van der Waals surface area (Å²) in [7, 11) is 1.70. The molecule has 1 aliphatic heterocycles. The zero-order chi connectivity index (χ0) is 27.8. The Kier molecular flexibility index (Phi) is 6.88. The Balaban J connectivity index is 1.13. The molecule has 1 fully saturated rings. The molecule has 40 heavy (non-hydrogen) atoms. The summed E-state index contributed by atoms with van der Waals surface area (Å²) < 4.78 is 15.5. The van der Waals surface area contributed by atoms with Crippen LogP contribution in [0.4, 0.5) is 11.6 Å². The molecule has 1 saturated heterocycles. The van der Waals surface area contributed by atoms with Crippen molar-refractivity contribution >= 4 is 28.4 Å². The Labute approximate surface area is 228 Å². The molecule has 210 valence electrons. The molecule has 5 aromatic rings. The number of fused-ring (bicyclic) bond motifs is 3. The van der Waals surface area contributed by atoms with Crippen LogP contribution in [-0.2, 0) is 13.6 Å². The lowest BCUT2D eigenvalue weighted by atomic mass is 10.2. The third kappa shape index (κ3) is 4.76. The van der Waals surface area contributed by atoms with Crippen molar-refractivity contribution in [1.29, 1.82) is 0 Å². The van der Waals surface area contributed by atoms with E-state index in [2.05, 4.69) is 24.9 Å². The lowest BCUT2D eigenvalue weighted by molar-refractivity contribution is 0.0536. The average Bonchev–Trinajstić information content (AvgIpc) is 3.71. The van der Waals surface area contributed by atoms with Crippen LogP contribution >= 0.6 is 0 Å². The van der Waals surface area contributed by atoms with Gasteiger partial charge in [0.2, 0.25) is 11.8 Å². The number of rotatable bonds is 9. The summed E-state index contributed by atoms with van der Waals surface area (Å²) in [5.41, 5.74) is 8.60. The standard InChI is InChI=1S/C26H31N9O5/c1-31-21-23(29-25(27)35-24(21)28-22(30-35)20-3-2-14-39-20)34(26(31)38)13-10-32-8-11-33(12-9-32)17-4-6-19(7-5-17)40-16-18(37)15-36/h2-7,14,18,36-37H,8-13,15-16H2,1H3,(H2,27,29).